The molecule has 2 aromatic rings. The minimum atomic E-state index is -3.73. The third-order valence-electron chi connectivity index (χ3n) is 2.60. The van der Waals surface area contributed by atoms with Gasteiger partial charge < -0.3 is 0 Å². The molecule has 18 heavy (non-hydrogen) atoms. The number of hydrogen-bond acceptors (Lipinski definition) is 4. The van der Waals surface area contributed by atoms with Crippen LogP contribution in [0.3, 0.4) is 0 Å². The maximum Gasteiger partial charge on any atom is 0.250 e. The number of H-pyrrole nitrogens is 1. The van der Waals surface area contributed by atoms with E-state index in [-0.39, 0.29) is 12.2 Å². The van der Waals surface area contributed by atoms with E-state index < -0.39 is 15.3 Å². The number of nitriles is 1. The van der Waals surface area contributed by atoms with E-state index in [1.807, 2.05) is 6.07 Å². The van der Waals surface area contributed by atoms with Crippen LogP contribution in [0.25, 0.3) is 10.9 Å². The highest BCUT2D eigenvalue weighted by Gasteiger charge is 2.24. The van der Waals surface area contributed by atoms with Crippen LogP contribution in [0.1, 0.15) is 13.3 Å². The van der Waals surface area contributed by atoms with Gasteiger partial charge >= 0.3 is 0 Å². The molecule has 1 atom stereocenters. The highest BCUT2D eigenvalue weighted by Crippen LogP contribution is 2.21. The van der Waals surface area contributed by atoms with Crippen molar-refractivity contribution in [3.05, 3.63) is 24.3 Å². The van der Waals surface area contributed by atoms with Crippen molar-refractivity contribution in [2.45, 2.75) is 18.6 Å². The summed E-state index contributed by atoms with van der Waals surface area (Å²) in [4.78, 5) is 0. The topological polar surface area (TPSA) is 98.6 Å². The van der Waals surface area contributed by atoms with Gasteiger partial charge in [-0.25, -0.2) is 8.42 Å². The van der Waals surface area contributed by atoms with Gasteiger partial charge in [-0.05, 0) is 18.6 Å². The summed E-state index contributed by atoms with van der Waals surface area (Å²) in [6.07, 6.45) is 0.230. The zero-order chi connectivity index (χ0) is 13.2. The average Bonchev–Trinajstić information content (AvgIpc) is 2.73. The Morgan fingerprint density at radius 1 is 1.50 bits per heavy atom. The molecule has 0 saturated carbocycles. The number of aromatic nitrogens is 2. The molecule has 7 heteroatoms. The predicted octanol–water partition coefficient (Wildman–Crippen LogP) is 1.61. The quantitative estimate of drug-likeness (QED) is 0.876. The van der Waals surface area contributed by atoms with Crippen LogP contribution in [0.4, 0.5) is 5.82 Å². The van der Waals surface area contributed by atoms with Crippen molar-refractivity contribution in [1.82, 2.24) is 10.2 Å². The SMILES string of the molecule is CCC(C#N)S(=O)(=O)Nc1n[nH]c2ccccc12. The van der Waals surface area contributed by atoms with Crippen LogP contribution in [0.2, 0.25) is 0 Å². The lowest BCUT2D eigenvalue weighted by Crippen LogP contribution is -2.26. The molecule has 6 nitrogen and oxygen atoms in total. The Labute approximate surface area is 105 Å². The first-order chi connectivity index (χ1) is 8.58. The number of hydrogen-bond donors (Lipinski definition) is 2. The normalized spacial score (nSPS) is 13.1. The second-order valence-corrected chi connectivity index (χ2v) is 5.65. The minimum absolute atomic E-state index is 0.222. The Hall–Kier alpha value is -2.07. The Morgan fingerprint density at radius 3 is 2.89 bits per heavy atom. The molecule has 0 aliphatic heterocycles. The largest absolute Gasteiger partial charge is 0.276 e. The summed E-state index contributed by atoms with van der Waals surface area (Å²) in [5, 5.41) is 15.0. The molecular weight excluding hydrogens is 252 g/mol. The summed E-state index contributed by atoms with van der Waals surface area (Å²) < 4.78 is 26.2. The maximum atomic E-state index is 11.9. The monoisotopic (exact) mass is 264 g/mol. The lowest BCUT2D eigenvalue weighted by molar-refractivity contribution is 0.592. The molecule has 0 amide bonds. The summed E-state index contributed by atoms with van der Waals surface area (Å²) in [6.45, 7) is 1.65. The molecule has 1 aromatic carbocycles. The van der Waals surface area contributed by atoms with Crippen molar-refractivity contribution < 1.29 is 8.42 Å². The Balaban J connectivity index is 2.38. The average molecular weight is 264 g/mol. The summed E-state index contributed by atoms with van der Waals surface area (Å²) in [6, 6.07) is 8.92. The van der Waals surface area contributed by atoms with Crippen molar-refractivity contribution in [1.29, 1.82) is 5.26 Å². The van der Waals surface area contributed by atoms with Gasteiger partial charge in [0.15, 0.2) is 11.1 Å². The Bertz CT molecular complexity index is 699. The van der Waals surface area contributed by atoms with Crippen LogP contribution < -0.4 is 4.72 Å². The molecule has 0 spiro atoms. The molecule has 2 rings (SSSR count). The molecule has 0 fully saturated rings. The van der Waals surface area contributed by atoms with Gasteiger partial charge in [0.25, 0.3) is 0 Å². The zero-order valence-electron chi connectivity index (χ0n) is 9.71. The van der Waals surface area contributed by atoms with E-state index in [1.54, 1.807) is 31.2 Å². The zero-order valence-corrected chi connectivity index (χ0v) is 10.5. The van der Waals surface area contributed by atoms with Crippen molar-refractivity contribution >= 4 is 26.7 Å². The number of nitrogens with one attached hydrogen (secondary N) is 2. The number of sulfonamides is 1. The highest BCUT2D eigenvalue weighted by atomic mass is 32.2. The van der Waals surface area contributed by atoms with Gasteiger partial charge in [0.1, 0.15) is 0 Å². The number of para-hydroxylation sites is 1. The summed E-state index contributed by atoms with van der Waals surface area (Å²) in [5.74, 6) is 0.222. The van der Waals surface area contributed by atoms with Crippen molar-refractivity contribution in [3.8, 4) is 6.07 Å². The lowest BCUT2D eigenvalue weighted by atomic mass is 10.2. The number of rotatable bonds is 4. The van der Waals surface area contributed by atoms with E-state index in [0.29, 0.717) is 5.39 Å². The molecular formula is C11H12N4O2S. The van der Waals surface area contributed by atoms with E-state index in [0.717, 1.165) is 5.52 Å². The molecule has 1 unspecified atom stereocenters. The van der Waals surface area contributed by atoms with Gasteiger partial charge in [-0.15, -0.1) is 0 Å². The number of fused-ring (bicyclic) bond motifs is 1. The first-order valence-electron chi connectivity index (χ1n) is 5.43. The fraction of sp³-hybridized carbons (Fsp3) is 0.273. The van der Waals surface area contributed by atoms with Gasteiger partial charge in [0.2, 0.25) is 10.0 Å². The van der Waals surface area contributed by atoms with Crippen molar-refractivity contribution in [3.63, 3.8) is 0 Å². The summed E-state index contributed by atoms with van der Waals surface area (Å²) in [5.41, 5.74) is 0.736. The molecule has 0 saturated heterocycles. The Kier molecular flexibility index (Phi) is 3.21. The summed E-state index contributed by atoms with van der Waals surface area (Å²) in [7, 11) is -3.73. The number of aromatic amines is 1. The standard InChI is InChI=1S/C11H12N4O2S/c1-2-8(7-12)18(16,17)15-11-9-5-3-4-6-10(9)13-14-11/h3-6,8H,2H2,1H3,(H2,13,14,15). The van der Waals surface area contributed by atoms with E-state index in [4.69, 9.17) is 5.26 Å². The summed E-state index contributed by atoms with van der Waals surface area (Å²) >= 11 is 0. The molecule has 1 heterocycles. The lowest BCUT2D eigenvalue weighted by Gasteiger charge is -2.09. The van der Waals surface area contributed by atoms with E-state index in [9.17, 15) is 8.42 Å². The third kappa shape index (κ3) is 2.15. The van der Waals surface area contributed by atoms with E-state index >= 15 is 0 Å². The van der Waals surface area contributed by atoms with Crippen LogP contribution in [0.5, 0.6) is 0 Å². The second kappa shape index (κ2) is 4.66. The van der Waals surface area contributed by atoms with E-state index in [1.165, 1.54) is 0 Å². The minimum Gasteiger partial charge on any atom is -0.276 e. The Morgan fingerprint density at radius 2 is 2.22 bits per heavy atom. The van der Waals surface area contributed by atoms with Gasteiger partial charge in [-0.3, -0.25) is 9.82 Å². The smallest absolute Gasteiger partial charge is 0.250 e. The number of nitrogens with zero attached hydrogens (tertiary/aromatic N) is 2. The van der Waals surface area contributed by atoms with Crippen LogP contribution in [0.15, 0.2) is 24.3 Å². The first kappa shape index (κ1) is 12.4. The predicted molar refractivity (Wildman–Crippen MR) is 68.3 cm³/mol. The number of anilines is 1. The van der Waals surface area contributed by atoms with Gasteiger partial charge in [0, 0.05) is 5.39 Å². The van der Waals surface area contributed by atoms with Crippen molar-refractivity contribution in [2.75, 3.05) is 4.72 Å². The molecule has 0 aliphatic rings. The van der Waals surface area contributed by atoms with Crippen LogP contribution in [-0.2, 0) is 10.0 Å². The second-order valence-electron chi connectivity index (χ2n) is 3.79. The first-order valence-corrected chi connectivity index (χ1v) is 6.97. The molecule has 2 N–H and O–H groups in total. The van der Waals surface area contributed by atoms with Crippen LogP contribution in [0, 0.1) is 11.3 Å². The fourth-order valence-corrected chi connectivity index (χ4v) is 2.77. The van der Waals surface area contributed by atoms with Gasteiger partial charge in [-0.1, -0.05) is 19.1 Å². The van der Waals surface area contributed by atoms with Crippen LogP contribution >= 0.6 is 0 Å². The fourth-order valence-electron chi connectivity index (χ4n) is 1.63. The molecule has 0 aliphatic carbocycles. The van der Waals surface area contributed by atoms with Gasteiger partial charge in [0.05, 0.1) is 11.6 Å². The van der Waals surface area contributed by atoms with Crippen molar-refractivity contribution in [2.24, 2.45) is 0 Å². The highest BCUT2D eigenvalue weighted by molar-refractivity contribution is 7.93. The molecule has 0 bridgehead atoms. The number of benzene rings is 1. The molecule has 94 valence electrons. The third-order valence-corrected chi connectivity index (χ3v) is 4.26. The van der Waals surface area contributed by atoms with E-state index in [2.05, 4.69) is 14.9 Å². The molecule has 0 radical (unpaired) electrons. The molecule has 1 aromatic heterocycles. The van der Waals surface area contributed by atoms with Gasteiger partial charge in [-0.2, -0.15) is 10.4 Å². The van der Waals surface area contributed by atoms with Crippen LogP contribution in [-0.4, -0.2) is 23.9 Å². The maximum absolute atomic E-state index is 11.9.